The normalized spacial score (nSPS) is 27.0. The van der Waals surface area contributed by atoms with Gasteiger partial charge in [-0.3, -0.25) is 14.7 Å². The molecule has 2 heterocycles. The van der Waals surface area contributed by atoms with Gasteiger partial charge in [0.15, 0.2) is 5.78 Å². The van der Waals surface area contributed by atoms with E-state index in [0.717, 1.165) is 24.3 Å². The predicted molar refractivity (Wildman–Crippen MR) is 93.7 cm³/mol. The molecule has 26 heavy (non-hydrogen) atoms. The van der Waals surface area contributed by atoms with Gasteiger partial charge in [-0.2, -0.15) is 13.2 Å². The highest BCUT2D eigenvalue weighted by atomic mass is 19.4. The van der Waals surface area contributed by atoms with E-state index in [0.29, 0.717) is 30.2 Å². The number of hydrogen-bond acceptors (Lipinski definition) is 3. The fourth-order valence-electron chi connectivity index (χ4n) is 4.52. The first-order valence-electron chi connectivity index (χ1n) is 9.47. The molecule has 1 atom stereocenters. The van der Waals surface area contributed by atoms with Crippen LogP contribution in [0.25, 0.3) is 0 Å². The Bertz CT molecular complexity index is 664. The largest absolute Gasteiger partial charge is 0.391 e. The van der Waals surface area contributed by atoms with E-state index in [9.17, 15) is 18.0 Å². The van der Waals surface area contributed by atoms with Crippen molar-refractivity contribution < 1.29 is 18.0 Å². The second-order valence-electron chi connectivity index (χ2n) is 8.20. The molecule has 0 unspecified atom stereocenters. The Labute approximate surface area is 153 Å². The topological polar surface area (TPSA) is 33.2 Å². The summed E-state index contributed by atoms with van der Waals surface area (Å²) >= 11 is 0. The van der Waals surface area contributed by atoms with E-state index < -0.39 is 12.1 Å². The first-order chi connectivity index (χ1) is 12.2. The predicted octanol–water partition coefficient (Wildman–Crippen LogP) is 5.17. The van der Waals surface area contributed by atoms with Crippen LogP contribution in [0.3, 0.4) is 0 Å². The minimum Gasteiger partial charge on any atom is -0.294 e. The Morgan fingerprint density at radius 1 is 1.27 bits per heavy atom. The van der Waals surface area contributed by atoms with Gasteiger partial charge in [0.25, 0.3) is 0 Å². The number of nitrogens with zero attached hydrogens (tertiary/aromatic N) is 2. The summed E-state index contributed by atoms with van der Waals surface area (Å²) < 4.78 is 38.6. The lowest BCUT2D eigenvalue weighted by Crippen LogP contribution is -2.35. The molecule has 1 aromatic heterocycles. The van der Waals surface area contributed by atoms with Crippen LogP contribution in [0.2, 0.25) is 0 Å². The fourth-order valence-corrected chi connectivity index (χ4v) is 4.52. The smallest absolute Gasteiger partial charge is 0.294 e. The molecule has 1 aromatic rings. The average molecular weight is 368 g/mol. The highest BCUT2D eigenvalue weighted by molar-refractivity contribution is 5.93. The monoisotopic (exact) mass is 368 g/mol. The van der Waals surface area contributed by atoms with Gasteiger partial charge in [0.05, 0.1) is 17.7 Å². The van der Waals surface area contributed by atoms with Crippen molar-refractivity contribution >= 4 is 5.78 Å². The fraction of sp³-hybridized carbons (Fsp3) is 0.700. The number of hydrogen-bond donors (Lipinski definition) is 0. The number of pyridine rings is 1. The van der Waals surface area contributed by atoms with Crippen LogP contribution in [-0.4, -0.2) is 28.4 Å². The van der Waals surface area contributed by atoms with Gasteiger partial charge in [-0.15, -0.1) is 0 Å². The van der Waals surface area contributed by atoms with Crippen LogP contribution in [0.15, 0.2) is 12.3 Å². The molecule has 0 aromatic carbocycles. The van der Waals surface area contributed by atoms with Crippen molar-refractivity contribution in [1.82, 2.24) is 9.88 Å². The van der Waals surface area contributed by atoms with E-state index >= 15 is 0 Å². The summed E-state index contributed by atoms with van der Waals surface area (Å²) in [5.41, 5.74) is 2.73. The van der Waals surface area contributed by atoms with Gasteiger partial charge in [0, 0.05) is 24.8 Å². The molecule has 0 bridgehead atoms. The number of alkyl halides is 3. The number of rotatable bonds is 4. The van der Waals surface area contributed by atoms with Crippen LogP contribution in [0.4, 0.5) is 13.2 Å². The second-order valence-corrected chi connectivity index (χ2v) is 8.20. The first-order valence-corrected chi connectivity index (χ1v) is 9.47. The van der Waals surface area contributed by atoms with E-state index in [-0.39, 0.29) is 24.7 Å². The second kappa shape index (κ2) is 7.29. The summed E-state index contributed by atoms with van der Waals surface area (Å²) in [6.07, 6.45) is -0.652. The van der Waals surface area contributed by atoms with Gasteiger partial charge in [-0.1, -0.05) is 13.8 Å². The van der Waals surface area contributed by atoms with Gasteiger partial charge >= 0.3 is 6.18 Å². The maximum atomic E-state index is 12.9. The summed E-state index contributed by atoms with van der Waals surface area (Å²) in [4.78, 5) is 18.5. The zero-order valence-electron chi connectivity index (χ0n) is 15.6. The highest BCUT2D eigenvalue weighted by Gasteiger charge is 2.42. The van der Waals surface area contributed by atoms with Crippen molar-refractivity contribution in [2.75, 3.05) is 6.54 Å². The molecule has 0 N–H and O–H groups in total. The lowest BCUT2D eigenvalue weighted by Gasteiger charge is -2.35. The molecular weight excluding hydrogens is 341 g/mol. The number of ketones is 1. The molecule has 3 rings (SSSR count). The van der Waals surface area contributed by atoms with Crippen molar-refractivity contribution in [2.24, 2.45) is 17.8 Å². The Morgan fingerprint density at radius 2 is 1.92 bits per heavy atom. The van der Waals surface area contributed by atoms with Crippen LogP contribution in [0.5, 0.6) is 0 Å². The van der Waals surface area contributed by atoms with E-state index in [4.69, 9.17) is 0 Å². The van der Waals surface area contributed by atoms with Crippen LogP contribution in [0, 0.1) is 17.8 Å². The van der Waals surface area contributed by atoms with Crippen LogP contribution in [-0.2, 0) is 6.54 Å². The van der Waals surface area contributed by atoms with E-state index in [1.807, 2.05) is 6.07 Å². The van der Waals surface area contributed by atoms with Crippen molar-refractivity contribution in [1.29, 1.82) is 0 Å². The minimum atomic E-state index is -4.05. The molecule has 144 valence electrons. The van der Waals surface area contributed by atoms with Gasteiger partial charge in [0.1, 0.15) is 0 Å². The Hall–Kier alpha value is -1.43. The van der Waals surface area contributed by atoms with Gasteiger partial charge < -0.3 is 0 Å². The Morgan fingerprint density at radius 3 is 2.46 bits per heavy atom. The molecule has 1 aliphatic heterocycles. The maximum Gasteiger partial charge on any atom is 0.391 e. The third-order valence-corrected chi connectivity index (χ3v) is 5.89. The van der Waals surface area contributed by atoms with Crippen LogP contribution in [0.1, 0.15) is 74.1 Å². The average Bonchev–Trinajstić information content (AvgIpc) is 2.91. The Kier molecular flexibility index (Phi) is 5.42. The van der Waals surface area contributed by atoms with E-state index in [2.05, 4.69) is 23.7 Å². The summed E-state index contributed by atoms with van der Waals surface area (Å²) in [5.74, 6) is -0.463. The first kappa shape index (κ1) is 19.3. The molecule has 3 nitrogen and oxygen atoms in total. The number of carbonyl (C=O) groups is 1. The molecule has 0 amide bonds. The summed E-state index contributed by atoms with van der Waals surface area (Å²) in [6, 6.07) is 2.10. The van der Waals surface area contributed by atoms with Crippen LogP contribution < -0.4 is 0 Å². The highest BCUT2D eigenvalue weighted by Crippen LogP contribution is 2.42. The number of Topliss-reactive ketones (excluding diaryl/α,β-unsaturated/α-hetero) is 1. The quantitative estimate of drug-likeness (QED) is 0.688. The van der Waals surface area contributed by atoms with Gasteiger partial charge in [0.2, 0.25) is 0 Å². The summed E-state index contributed by atoms with van der Waals surface area (Å²) in [6.45, 7) is 7.36. The maximum absolute atomic E-state index is 12.9. The molecule has 1 saturated carbocycles. The Balaban J connectivity index is 1.69. The molecule has 2 aliphatic rings. The van der Waals surface area contributed by atoms with Gasteiger partial charge in [-0.05, 0) is 56.1 Å². The summed E-state index contributed by atoms with van der Waals surface area (Å²) in [5, 5.41) is 0. The van der Waals surface area contributed by atoms with Crippen LogP contribution >= 0.6 is 0 Å². The molecule has 6 heteroatoms. The molecule has 0 spiro atoms. The summed E-state index contributed by atoms with van der Waals surface area (Å²) in [7, 11) is 0. The lowest BCUT2D eigenvalue weighted by molar-refractivity contribution is -0.184. The van der Waals surface area contributed by atoms with Gasteiger partial charge in [-0.25, -0.2) is 0 Å². The molecule has 1 aliphatic carbocycles. The van der Waals surface area contributed by atoms with Crippen molar-refractivity contribution in [3.63, 3.8) is 0 Å². The zero-order chi connectivity index (χ0) is 19.1. The zero-order valence-corrected chi connectivity index (χ0v) is 15.6. The van der Waals surface area contributed by atoms with Crippen molar-refractivity contribution in [3.8, 4) is 0 Å². The molecule has 0 saturated heterocycles. The third-order valence-electron chi connectivity index (χ3n) is 5.89. The number of fused-ring (bicyclic) bond motifs is 1. The van der Waals surface area contributed by atoms with E-state index in [1.165, 1.54) is 6.92 Å². The number of aromatic nitrogens is 1. The third kappa shape index (κ3) is 3.95. The van der Waals surface area contributed by atoms with E-state index in [1.54, 1.807) is 6.20 Å². The molecule has 0 radical (unpaired) electrons. The lowest BCUT2D eigenvalue weighted by atomic mass is 9.81. The van der Waals surface area contributed by atoms with Crippen molar-refractivity contribution in [2.45, 2.75) is 65.2 Å². The minimum absolute atomic E-state index is 0.00493. The number of halogens is 3. The van der Waals surface area contributed by atoms with Crippen molar-refractivity contribution in [3.05, 3.63) is 29.1 Å². The SMILES string of the molecule is CC(=O)c1cnc2c(c1)CN(C[C@H]1CC[C@H](C(F)(F)F)CC1)[C@H]2C(C)C. The molecule has 1 fully saturated rings. The standard InChI is InChI=1S/C20H27F3N2O/c1-12(2)19-18-16(8-15(9-24-18)13(3)26)11-25(19)10-14-4-6-17(7-5-14)20(21,22)23/h8-9,12,14,17,19H,4-7,10-11H2,1-3H3/t14-,17-,19-/m0/s1. The molecular formula is C20H27F3N2O. The number of carbonyl (C=O) groups excluding carboxylic acids is 1.